The fraction of sp³-hybridized carbons (Fsp3) is 0.300. The summed E-state index contributed by atoms with van der Waals surface area (Å²) in [4.78, 5) is 25.1. The summed E-state index contributed by atoms with van der Waals surface area (Å²) in [7, 11) is 0. The Kier molecular flexibility index (Phi) is 6.79. The van der Waals surface area contributed by atoms with Crippen LogP contribution in [0.1, 0.15) is 28.4 Å². The zero-order valence-corrected chi connectivity index (χ0v) is 16.7. The molecule has 0 fully saturated rings. The second kappa shape index (κ2) is 8.73. The third-order valence-electron chi connectivity index (χ3n) is 4.27. The van der Waals surface area contributed by atoms with Gasteiger partial charge >= 0.3 is 17.8 Å². The molecule has 2 aromatic carbocycles. The molecule has 0 unspecified atom stereocenters. The quantitative estimate of drug-likeness (QED) is 0.520. The van der Waals surface area contributed by atoms with Gasteiger partial charge in [-0.25, -0.2) is 4.79 Å². The molecule has 2 rings (SSSR count). The zero-order chi connectivity index (χ0) is 21.8. The van der Waals surface area contributed by atoms with Crippen LogP contribution in [0.15, 0.2) is 42.5 Å². The van der Waals surface area contributed by atoms with E-state index >= 15 is 0 Å². The molecule has 9 heteroatoms. The van der Waals surface area contributed by atoms with Gasteiger partial charge in [0.25, 0.3) is 5.91 Å². The summed E-state index contributed by atoms with van der Waals surface area (Å²) in [5.41, 5.74) is -2.19. The highest BCUT2D eigenvalue weighted by molar-refractivity contribution is 6.33. The minimum atomic E-state index is -5.23. The van der Waals surface area contributed by atoms with E-state index in [0.717, 1.165) is 5.56 Å². The number of amides is 1. The van der Waals surface area contributed by atoms with Gasteiger partial charge in [0, 0.05) is 5.69 Å². The molecule has 0 aliphatic rings. The lowest BCUT2D eigenvalue weighted by Gasteiger charge is -2.35. The van der Waals surface area contributed by atoms with Crippen molar-refractivity contribution < 1.29 is 27.5 Å². The van der Waals surface area contributed by atoms with E-state index in [2.05, 4.69) is 10.1 Å². The SMILES string of the molecule is CCOC(=O)[C@](NC(=O)c1ccccc1Cl)(Nc1ccc(C)c(C)c1)C(F)(F)F. The Labute approximate surface area is 171 Å². The second-order valence-corrected chi connectivity index (χ2v) is 6.73. The molecule has 2 N–H and O–H groups in total. The normalized spacial score (nSPS) is 13.3. The number of hydrogen-bond acceptors (Lipinski definition) is 4. The molecule has 0 aromatic heterocycles. The molecule has 29 heavy (non-hydrogen) atoms. The lowest BCUT2D eigenvalue weighted by Crippen LogP contribution is -2.69. The van der Waals surface area contributed by atoms with Crippen molar-refractivity contribution in [1.29, 1.82) is 0 Å². The van der Waals surface area contributed by atoms with E-state index in [1.807, 2.05) is 0 Å². The van der Waals surface area contributed by atoms with E-state index in [9.17, 15) is 22.8 Å². The van der Waals surface area contributed by atoms with Gasteiger partial charge in [0.1, 0.15) is 0 Å². The average Bonchev–Trinajstić information content (AvgIpc) is 2.63. The highest BCUT2D eigenvalue weighted by Gasteiger charge is 2.63. The number of carbonyl (C=O) groups excluding carboxylic acids is 2. The lowest BCUT2D eigenvalue weighted by atomic mass is 10.1. The Balaban J connectivity index is 2.55. The number of anilines is 1. The first-order valence-electron chi connectivity index (χ1n) is 8.68. The van der Waals surface area contributed by atoms with E-state index < -0.39 is 23.7 Å². The summed E-state index contributed by atoms with van der Waals surface area (Å²) in [6, 6.07) is 9.99. The van der Waals surface area contributed by atoms with E-state index in [1.54, 1.807) is 25.2 Å². The molecule has 0 aliphatic heterocycles. The summed E-state index contributed by atoms with van der Waals surface area (Å²) >= 11 is 5.92. The molecular formula is C20H20ClF3N2O3. The van der Waals surface area contributed by atoms with E-state index in [1.165, 1.54) is 43.3 Å². The fourth-order valence-electron chi connectivity index (χ4n) is 2.55. The molecule has 1 amide bonds. The Morgan fingerprint density at radius 3 is 2.28 bits per heavy atom. The van der Waals surface area contributed by atoms with Crippen LogP contribution in [0.2, 0.25) is 5.02 Å². The third kappa shape index (κ3) is 4.82. The summed E-state index contributed by atoms with van der Waals surface area (Å²) in [6.07, 6.45) is -5.23. The third-order valence-corrected chi connectivity index (χ3v) is 4.59. The molecule has 0 spiro atoms. The van der Waals surface area contributed by atoms with Crippen LogP contribution < -0.4 is 10.6 Å². The first kappa shape index (κ1) is 22.5. The Hall–Kier alpha value is -2.74. The number of benzene rings is 2. The summed E-state index contributed by atoms with van der Waals surface area (Å²) in [5, 5.41) is 3.83. The Bertz CT molecular complexity index is 918. The van der Waals surface area contributed by atoms with Crippen molar-refractivity contribution in [2.75, 3.05) is 11.9 Å². The topological polar surface area (TPSA) is 67.4 Å². The van der Waals surface area contributed by atoms with Gasteiger partial charge in [-0.3, -0.25) is 4.79 Å². The maximum absolute atomic E-state index is 14.2. The molecule has 0 saturated heterocycles. The number of rotatable bonds is 6. The van der Waals surface area contributed by atoms with Crippen molar-refractivity contribution >= 4 is 29.2 Å². The zero-order valence-electron chi connectivity index (χ0n) is 16.0. The number of hydrogen-bond donors (Lipinski definition) is 2. The average molecular weight is 429 g/mol. The van der Waals surface area contributed by atoms with Crippen molar-refractivity contribution in [3.05, 3.63) is 64.2 Å². The van der Waals surface area contributed by atoms with Gasteiger partial charge in [-0.2, -0.15) is 13.2 Å². The number of alkyl halides is 3. The van der Waals surface area contributed by atoms with Gasteiger partial charge in [0.2, 0.25) is 0 Å². The van der Waals surface area contributed by atoms with Crippen LogP contribution in [0.5, 0.6) is 0 Å². The first-order chi connectivity index (χ1) is 13.5. The molecule has 156 valence electrons. The summed E-state index contributed by atoms with van der Waals surface area (Å²) < 4.78 is 47.2. The van der Waals surface area contributed by atoms with Gasteiger partial charge in [0.15, 0.2) is 0 Å². The van der Waals surface area contributed by atoms with Gasteiger partial charge in [-0.1, -0.05) is 29.8 Å². The van der Waals surface area contributed by atoms with Crippen LogP contribution in [0.3, 0.4) is 0 Å². The second-order valence-electron chi connectivity index (χ2n) is 6.33. The van der Waals surface area contributed by atoms with Crippen molar-refractivity contribution in [2.45, 2.75) is 32.6 Å². The van der Waals surface area contributed by atoms with Crippen molar-refractivity contribution in [2.24, 2.45) is 0 Å². The predicted molar refractivity (Wildman–Crippen MR) is 104 cm³/mol. The summed E-state index contributed by atoms with van der Waals surface area (Å²) in [6.45, 7) is 4.56. The van der Waals surface area contributed by atoms with Gasteiger partial charge in [-0.15, -0.1) is 0 Å². The number of esters is 1. The molecule has 0 bridgehead atoms. The van der Waals surface area contributed by atoms with Crippen molar-refractivity contribution in [3.8, 4) is 0 Å². The smallest absolute Gasteiger partial charge is 0.441 e. The molecule has 0 saturated carbocycles. The maximum Gasteiger partial charge on any atom is 0.441 e. The molecule has 0 radical (unpaired) electrons. The van der Waals surface area contributed by atoms with Gasteiger partial charge in [-0.05, 0) is 56.2 Å². The van der Waals surface area contributed by atoms with Crippen LogP contribution >= 0.6 is 11.6 Å². The molecule has 0 heterocycles. The van der Waals surface area contributed by atoms with E-state index in [0.29, 0.717) is 5.56 Å². The van der Waals surface area contributed by atoms with Crippen LogP contribution in [-0.2, 0) is 9.53 Å². The van der Waals surface area contributed by atoms with Crippen molar-refractivity contribution in [3.63, 3.8) is 0 Å². The van der Waals surface area contributed by atoms with Gasteiger partial charge < -0.3 is 15.4 Å². The highest BCUT2D eigenvalue weighted by Crippen LogP contribution is 2.34. The first-order valence-corrected chi connectivity index (χ1v) is 9.06. The van der Waals surface area contributed by atoms with Crippen LogP contribution in [-0.4, -0.2) is 30.3 Å². The number of carbonyl (C=O) groups is 2. The standard InChI is InChI=1S/C20H20ClF3N2O3/c1-4-29-18(28)19(20(22,23)24,25-14-10-9-12(2)13(3)11-14)26-17(27)15-7-5-6-8-16(15)21/h5-11,25H,4H2,1-3H3,(H,26,27)/t19-/m1/s1. The number of nitrogens with one attached hydrogen (secondary N) is 2. The maximum atomic E-state index is 14.2. The van der Waals surface area contributed by atoms with Crippen LogP contribution in [0, 0.1) is 13.8 Å². The van der Waals surface area contributed by atoms with E-state index in [-0.39, 0.29) is 22.9 Å². The molecular weight excluding hydrogens is 409 g/mol. The predicted octanol–water partition coefficient (Wildman–Crippen LogP) is 4.62. The van der Waals surface area contributed by atoms with E-state index in [4.69, 9.17) is 11.6 Å². The van der Waals surface area contributed by atoms with Gasteiger partial charge in [0.05, 0.1) is 17.2 Å². The fourth-order valence-corrected chi connectivity index (χ4v) is 2.77. The number of halogens is 4. The number of aryl methyl sites for hydroxylation is 2. The van der Waals surface area contributed by atoms with Crippen LogP contribution in [0.25, 0.3) is 0 Å². The minimum absolute atomic E-state index is 0.0158. The Morgan fingerprint density at radius 1 is 1.07 bits per heavy atom. The monoisotopic (exact) mass is 428 g/mol. The molecule has 2 aromatic rings. The Morgan fingerprint density at radius 2 is 1.72 bits per heavy atom. The minimum Gasteiger partial charge on any atom is -0.463 e. The van der Waals surface area contributed by atoms with Crippen molar-refractivity contribution in [1.82, 2.24) is 5.32 Å². The van der Waals surface area contributed by atoms with Crippen LogP contribution in [0.4, 0.5) is 18.9 Å². The highest BCUT2D eigenvalue weighted by atomic mass is 35.5. The largest absolute Gasteiger partial charge is 0.463 e. The number of ether oxygens (including phenoxy) is 1. The molecule has 0 aliphatic carbocycles. The molecule has 5 nitrogen and oxygen atoms in total. The summed E-state index contributed by atoms with van der Waals surface area (Å²) in [5.74, 6) is -2.87. The molecule has 1 atom stereocenters. The lowest BCUT2D eigenvalue weighted by molar-refractivity contribution is -0.204.